The van der Waals surface area contributed by atoms with Gasteiger partial charge >= 0.3 is 0 Å². The second-order valence-electron chi connectivity index (χ2n) is 4.06. The lowest BCUT2D eigenvalue weighted by Gasteiger charge is -2.15. The number of nitrogens with one attached hydrogen (secondary N) is 1. The highest BCUT2D eigenvalue weighted by Crippen LogP contribution is 2.26. The standard InChI is InChI=1S/C14H17NO2/c1-10-6-7-12(16-3)9-13(10)15-11(2)14-5-4-8-17-14/h4-9,11,15H,1-3H3. The van der Waals surface area contributed by atoms with Gasteiger partial charge in [-0.25, -0.2) is 0 Å². The number of hydrogen-bond donors (Lipinski definition) is 1. The number of aryl methyl sites for hydroxylation is 1. The SMILES string of the molecule is COc1ccc(C)c(NC(C)c2ccco2)c1. The number of anilines is 1. The number of benzene rings is 1. The average Bonchev–Trinajstić information content (AvgIpc) is 2.85. The van der Waals surface area contributed by atoms with Crippen molar-refractivity contribution in [2.24, 2.45) is 0 Å². The molecule has 3 heteroatoms. The molecule has 0 aliphatic carbocycles. The van der Waals surface area contributed by atoms with Crippen LogP contribution < -0.4 is 10.1 Å². The highest BCUT2D eigenvalue weighted by molar-refractivity contribution is 5.55. The lowest BCUT2D eigenvalue weighted by Crippen LogP contribution is -2.06. The monoisotopic (exact) mass is 231 g/mol. The quantitative estimate of drug-likeness (QED) is 0.869. The summed E-state index contributed by atoms with van der Waals surface area (Å²) >= 11 is 0. The molecular formula is C14H17NO2. The van der Waals surface area contributed by atoms with Crippen LogP contribution in [0.15, 0.2) is 41.0 Å². The molecule has 0 amide bonds. The van der Waals surface area contributed by atoms with E-state index in [4.69, 9.17) is 9.15 Å². The van der Waals surface area contributed by atoms with Crippen LogP contribution in [0.2, 0.25) is 0 Å². The van der Waals surface area contributed by atoms with Crippen LogP contribution in [-0.2, 0) is 0 Å². The Kier molecular flexibility index (Phi) is 3.38. The van der Waals surface area contributed by atoms with Crippen molar-refractivity contribution < 1.29 is 9.15 Å². The molecule has 0 spiro atoms. The smallest absolute Gasteiger partial charge is 0.125 e. The van der Waals surface area contributed by atoms with Gasteiger partial charge < -0.3 is 14.5 Å². The first-order valence-corrected chi connectivity index (χ1v) is 5.65. The Morgan fingerprint density at radius 3 is 2.76 bits per heavy atom. The summed E-state index contributed by atoms with van der Waals surface area (Å²) in [7, 11) is 1.67. The van der Waals surface area contributed by atoms with Crippen LogP contribution in [0.1, 0.15) is 24.3 Å². The molecule has 2 rings (SSSR count). The predicted molar refractivity (Wildman–Crippen MR) is 68.5 cm³/mol. The van der Waals surface area contributed by atoms with Crippen LogP contribution in [0.3, 0.4) is 0 Å². The molecular weight excluding hydrogens is 214 g/mol. The molecule has 1 unspecified atom stereocenters. The second kappa shape index (κ2) is 4.95. The van der Waals surface area contributed by atoms with Crippen molar-refractivity contribution in [3.63, 3.8) is 0 Å². The first-order valence-electron chi connectivity index (χ1n) is 5.65. The van der Waals surface area contributed by atoms with Gasteiger partial charge in [0.2, 0.25) is 0 Å². The Morgan fingerprint density at radius 2 is 2.12 bits per heavy atom. The Bertz CT molecular complexity index is 477. The maximum atomic E-state index is 5.37. The van der Waals surface area contributed by atoms with E-state index in [1.165, 1.54) is 5.56 Å². The minimum absolute atomic E-state index is 0.135. The Labute approximate surface area is 101 Å². The minimum atomic E-state index is 0.135. The van der Waals surface area contributed by atoms with Crippen LogP contribution in [-0.4, -0.2) is 7.11 Å². The number of methoxy groups -OCH3 is 1. The van der Waals surface area contributed by atoms with Gasteiger partial charge in [-0.05, 0) is 37.6 Å². The van der Waals surface area contributed by atoms with Crippen LogP contribution in [0.5, 0.6) is 5.75 Å². The van der Waals surface area contributed by atoms with E-state index in [1.807, 2.05) is 30.3 Å². The van der Waals surface area contributed by atoms with Gasteiger partial charge in [-0.1, -0.05) is 6.07 Å². The van der Waals surface area contributed by atoms with Gasteiger partial charge in [-0.3, -0.25) is 0 Å². The maximum absolute atomic E-state index is 5.37. The zero-order valence-corrected chi connectivity index (χ0v) is 10.4. The summed E-state index contributed by atoms with van der Waals surface area (Å²) in [5.74, 6) is 1.77. The fraction of sp³-hybridized carbons (Fsp3) is 0.286. The zero-order chi connectivity index (χ0) is 12.3. The number of ether oxygens (including phenoxy) is 1. The fourth-order valence-corrected chi connectivity index (χ4v) is 1.73. The molecule has 1 atom stereocenters. The molecule has 3 nitrogen and oxygen atoms in total. The van der Waals surface area contributed by atoms with Gasteiger partial charge in [0.15, 0.2) is 0 Å². The van der Waals surface area contributed by atoms with E-state index in [0.29, 0.717) is 0 Å². The first-order chi connectivity index (χ1) is 8.20. The van der Waals surface area contributed by atoms with Gasteiger partial charge in [0.25, 0.3) is 0 Å². The Balaban J connectivity index is 2.18. The molecule has 90 valence electrons. The van der Waals surface area contributed by atoms with Crippen LogP contribution in [0.4, 0.5) is 5.69 Å². The Morgan fingerprint density at radius 1 is 1.29 bits per heavy atom. The third kappa shape index (κ3) is 2.61. The molecule has 1 N–H and O–H groups in total. The molecule has 0 aliphatic rings. The molecule has 0 saturated heterocycles. The molecule has 1 aromatic carbocycles. The van der Waals surface area contributed by atoms with Gasteiger partial charge in [0.1, 0.15) is 11.5 Å². The summed E-state index contributed by atoms with van der Waals surface area (Å²) in [6.07, 6.45) is 1.69. The molecule has 1 heterocycles. The molecule has 0 aliphatic heterocycles. The minimum Gasteiger partial charge on any atom is -0.497 e. The van der Waals surface area contributed by atoms with Crippen LogP contribution in [0, 0.1) is 6.92 Å². The summed E-state index contributed by atoms with van der Waals surface area (Å²) < 4.78 is 10.6. The van der Waals surface area contributed by atoms with Crippen molar-refractivity contribution in [1.82, 2.24) is 0 Å². The predicted octanol–water partition coefficient (Wildman–Crippen LogP) is 3.77. The molecule has 0 bridgehead atoms. The number of rotatable bonds is 4. The molecule has 17 heavy (non-hydrogen) atoms. The summed E-state index contributed by atoms with van der Waals surface area (Å²) in [4.78, 5) is 0. The zero-order valence-electron chi connectivity index (χ0n) is 10.4. The summed E-state index contributed by atoms with van der Waals surface area (Å²) in [5.41, 5.74) is 2.25. The number of furan rings is 1. The van der Waals surface area contributed by atoms with Crippen molar-refractivity contribution in [3.05, 3.63) is 47.9 Å². The first kappa shape index (κ1) is 11.6. The summed E-state index contributed by atoms with van der Waals surface area (Å²) in [5, 5.41) is 3.41. The summed E-state index contributed by atoms with van der Waals surface area (Å²) in [6, 6.07) is 9.98. The molecule has 0 radical (unpaired) electrons. The van der Waals surface area contributed by atoms with Gasteiger partial charge in [0.05, 0.1) is 19.4 Å². The van der Waals surface area contributed by atoms with E-state index < -0.39 is 0 Å². The van der Waals surface area contributed by atoms with E-state index in [0.717, 1.165) is 17.2 Å². The third-order valence-corrected chi connectivity index (χ3v) is 2.79. The number of hydrogen-bond acceptors (Lipinski definition) is 3. The van der Waals surface area contributed by atoms with Crippen LogP contribution in [0.25, 0.3) is 0 Å². The Hall–Kier alpha value is -1.90. The van der Waals surface area contributed by atoms with Gasteiger partial charge in [-0.2, -0.15) is 0 Å². The largest absolute Gasteiger partial charge is 0.497 e. The lowest BCUT2D eigenvalue weighted by atomic mass is 10.1. The highest BCUT2D eigenvalue weighted by atomic mass is 16.5. The van der Waals surface area contributed by atoms with Gasteiger partial charge in [-0.15, -0.1) is 0 Å². The molecule has 0 saturated carbocycles. The highest BCUT2D eigenvalue weighted by Gasteiger charge is 2.09. The van der Waals surface area contributed by atoms with Crippen LogP contribution >= 0.6 is 0 Å². The second-order valence-corrected chi connectivity index (χ2v) is 4.06. The normalized spacial score (nSPS) is 12.2. The molecule has 2 aromatic rings. The van der Waals surface area contributed by atoms with Crippen molar-refractivity contribution >= 4 is 5.69 Å². The van der Waals surface area contributed by atoms with Crippen molar-refractivity contribution in [1.29, 1.82) is 0 Å². The van der Waals surface area contributed by atoms with E-state index in [1.54, 1.807) is 13.4 Å². The van der Waals surface area contributed by atoms with Gasteiger partial charge in [0, 0.05) is 11.8 Å². The van der Waals surface area contributed by atoms with Crippen molar-refractivity contribution in [2.75, 3.05) is 12.4 Å². The van der Waals surface area contributed by atoms with E-state index in [9.17, 15) is 0 Å². The van der Waals surface area contributed by atoms with E-state index in [-0.39, 0.29) is 6.04 Å². The third-order valence-electron chi connectivity index (χ3n) is 2.79. The van der Waals surface area contributed by atoms with E-state index >= 15 is 0 Å². The molecule has 0 fully saturated rings. The molecule has 1 aromatic heterocycles. The fourth-order valence-electron chi connectivity index (χ4n) is 1.73. The summed E-state index contributed by atoms with van der Waals surface area (Å²) in [6.45, 7) is 4.13. The maximum Gasteiger partial charge on any atom is 0.125 e. The topological polar surface area (TPSA) is 34.4 Å². The van der Waals surface area contributed by atoms with Crippen molar-refractivity contribution in [3.8, 4) is 5.75 Å². The lowest BCUT2D eigenvalue weighted by molar-refractivity contribution is 0.415. The van der Waals surface area contributed by atoms with E-state index in [2.05, 4.69) is 19.2 Å². The average molecular weight is 231 g/mol. The van der Waals surface area contributed by atoms with Crippen molar-refractivity contribution in [2.45, 2.75) is 19.9 Å².